The van der Waals surface area contributed by atoms with Gasteiger partial charge in [0.1, 0.15) is 0 Å². The molecule has 0 aliphatic carbocycles. The standard InChI is InChI=1S/C13H24N2O2/c1-5-13(17)9-14(10-13)8-12(16)15(6-2)7-11(3)4/h17H,3,5-10H2,1-2,4H3. The molecule has 4 nitrogen and oxygen atoms in total. The van der Waals surface area contributed by atoms with Crippen LogP contribution in [0.3, 0.4) is 0 Å². The van der Waals surface area contributed by atoms with Gasteiger partial charge in [-0.3, -0.25) is 9.69 Å². The van der Waals surface area contributed by atoms with Gasteiger partial charge in [0.05, 0.1) is 12.1 Å². The zero-order valence-electron chi connectivity index (χ0n) is 11.2. The van der Waals surface area contributed by atoms with E-state index < -0.39 is 5.60 Å². The van der Waals surface area contributed by atoms with Gasteiger partial charge in [0.15, 0.2) is 0 Å². The zero-order chi connectivity index (χ0) is 13.1. The highest BCUT2D eigenvalue weighted by Crippen LogP contribution is 2.23. The summed E-state index contributed by atoms with van der Waals surface area (Å²) in [6, 6.07) is 0. The van der Waals surface area contributed by atoms with E-state index in [4.69, 9.17) is 0 Å². The van der Waals surface area contributed by atoms with Crippen molar-refractivity contribution in [2.75, 3.05) is 32.7 Å². The monoisotopic (exact) mass is 240 g/mol. The Morgan fingerprint density at radius 3 is 2.47 bits per heavy atom. The average Bonchev–Trinajstić information content (AvgIpc) is 2.22. The van der Waals surface area contributed by atoms with E-state index in [0.29, 0.717) is 32.7 Å². The number of likely N-dealkylation sites (tertiary alicyclic amines) is 1. The maximum absolute atomic E-state index is 12.0. The fraction of sp³-hybridized carbons (Fsp3) is 0.769. The van der Waals surface area contributed by atoms with Crippen LogP contribution < -0.4 is 0 Å². The minimum atomic E-state index is -0.564. The van der Waals surface area contributed by atoms with Crippen molar-refractivity contribution < 1.29 is 9.90 Å². The second-order valence-corrected chi connectivity index (χ2v) is 5.09. The highest BCUT2D eigenvalue weighted by Gasteiger charge is 2.40. The van der Waals surface area contributed by atoms with Gasteiger partial charge in [-0.1, -0.05) is 19.1 Å². The Bertz CT molecular complexity index is 296. The van der Waals surface area contributed by atoms with E-state index >= 15 is 0 Å². The number of hydrogen-bond donors (Lipinski definition) is 1. The molecule has 1 fully saturated rings. The van der Waals surface area contributed by atoms with Gasteiger partial charge in [0.2, 0.25) is 5.91 Å². The third-order valence-electron chi connectivity index (χ3n) is 3.25. The second kappa shape index (κ2) is 5.65. The highest BCUT2D eigenvalue weighted by atomic mass is 16.3. The van der Waals surface area contributed by atoms with Crippen LogP contribution in [0.1, 0.15) is 27.2 Å². The highest BCUT2D eigenvalue weighted by molar-refractivity contribution is 5.78. The molecule has 1 aliphatic rings. The molecule has 0 aromatic heterocycles. The molecule has 0 radical (unpaired) electrons. The van der Waals surface area contributed by atoms with E-state index in [1.54, 1.807) is 4.90 Å². The quantitative estimate of drug-likeness (QED) is 0.701. The number of rotatable bonds is 6. The van der Waals surface area contributed by atoms with Gasteiger partial charge in [-0.15, -0.1) is 0 Å². The molecule has 0 saturated carbocycles. The lowest BCUT2D eigenvalue weighted by molar-refractivity contribution is -0.141. The van der Waals surface area contributed by atoms with Crippen molar-refractivity contribution in [1.82, 2.24) is 9.80 Å². The molecular formula is C13H24N2O2. The molecule has 0 unspecified atom stereocenters. The first kappa shape index (κ1) is 14.2. The first-order valence-electron chi connectivity index (χ1n) is 6.27. The Morgan fingerprint density at radius 1 is 1.47 bits per heavy atom. The molecule has 0 atom stereocenters. The van der Waals surface area contributed by atoms with Gasteiger partial charge in [-0.05, 0) is 20.3 Å². The van der Waals surface area contributed by atoms with Gasteiger partial charge < -0.3 is 10.0 Å². The minimum absolute atomic E-state index is 0.119. The topological polar surface area (TPSA) is 43.8 Å². The van der Waals surface area contributed by atoms with Crippen LogP contribution in [0.5, 0.6) is 0 Å². The van der Waals surface area contributed by atoms with E-state index in [-0.39, 0.29) is 5.91 Å². The molecule has 0 spiro atoms. The summed E-state index contributed by atoms with van der Waals surface area (Å²) in [5.41, 5.74) is 0.431. The Kier molecular flexibility index (Phi) is 4.71. The molecule has 1 heterocycles. The van der Waals surface area contributed by atoms with Crippen LogP contribution in [-0.2, 0) is 4.79 Å². The molecular weight excluding hydrogens is 216 g/mol. The predicted octanol–water partition coefficient (Wildman–Crippen LogP) is 0.868. The number of carbonyl (C=O) groups excluding carboxylic acids is 1. The predicted molar refractivity (Wildman–Crippen MR) is 68.7 cm³/mol. The van der Waals surface area contributed by atoms with Crippen molar-refractivity contribution in [2.45, 2.75) is 32.8 Å². The summed E-state index contributed by atoms with van der Waals surface area (Å²) in [4.78, 5) is 15.8. The normalized spacial score (nSPS) is 18.6. The lowest BCUT2D eigenvalue weighted by Crippen LogP contribution is -2.63. The number of nitrogens with zero attached hydrogens (tertiary/aromatic N) is 2. The van der Waals surface area contributed by atoms with E-state index in [1.165, 1.54) is 0 Å². The van der Waals surface area contributed by atoms with Crippen molar-refractivity contribution in [2.24, 2.45) is 0 Å². The molecule has 0 aromatic rings. The van der Waals surface area contributed by atoms with Gasteiger partial charge in [0.25, 0.3) is 0 Å². The lowest BCUT2D eigenvalue weighted by atomic mass is 9.91. The van der Waals surface area contributed by atoms with Gasteiger partial charge >= 0.3 is 0 Å². The van der Waals surface area contributed by atoms with Crippen molar-refractivity contribution in [3.05, 3.63) is 12.2 Å². The summed E-state index contributed by atoms with van der Waals surface area (Å²) in [6.07, 6.45) is 0.751. The summed E-state index contributed by atoms with van der Waals surface area (Å²) in [7, 11) is 0. The number of carbonyl (C=O) groups is 1. The molecule has 98 valence electrons. The maximum atomic E-state index is 12.0. The average molecular weight is 240 g/mol. The number of aliphatic hydroxyl groups is 1. The van der Waals surface area contributed by atoms with E-state index in [0.717, 1.165) is 12.0 Å². The van der Waals surface area contributed by atoms with Crippen LogP contribution >= 0.6 is 0 Å². The van der Waals surface area contributed by atoms with Crippen molar-refractivity contribution in [3.8, 4) is 0 Å². The van der Waals surface area contributed by atoms with E-state index in [1.807, 2.05) is 25.7 Å². The van der Waals surface area contributed by atoms with Crippen LogP contribution in [0.4, 0.5) is 0 Å². The van der Waals surface area contributed by atoms with E-state index in [9.17, 15) is 9.90 Å². The summed E-state index contributed by atoms with van der Waals surface area (Å²) in [5.74, 6) is 0.119. The van der Waals surface area contributed by atoms with Crippen LogP contribution in [0.15, 0.2) is 12.2 Å². The largest absolute Gasteiger partial charge is 0.387 e. The minimum Gasteiger partial charge on any atom is -0.387 e. The molecule has 4 heteroatoms. The third kappa shape index (κ3) is 3.82. The van der Waals surface area contributed by atoms with Crippen LogP contribution in [-0.4, -0.2) is 59.1 Å². The number of β-amino-alcohol motifs (C(OH)–C–C–N with tert-alkyl or cyclic N) is 1. The van der Waals surface area contributed by atoms with Crippen molar-refractivity contribution in [1.29, 1.82) is 0 Å². The summed E-state index contributed by atoms with van der Waals surface area (Å²) < 4.78 is 0. The maximum Gasteiger partial charge on any atom is 0.237 e. The van der Waals surface area contributed by atoms with Crippen molar-refractivity contribution >= 4 is 5.91 Å². The Balaban J connectivity index is 2.37. The molecule has 1 rings (SSSR count). The smallest absolute Gasteiger partial charge is 0.237 e. The fourth-order valence-corrected chi connectivity index (χ4v) is 2.11. The number of likely N-dealkylation sites (N-methyl/N-ethyl adjacent to an activating group) is 1. The summed E-state index contributed by atoms with van der Waals surface area (Å²) >= 11 is 0. The second-order valence-electron chi connectivity index (χ2n) is 5.09. The number of hydrogen-bond acceptors (Lipinski definition) is 3. The van der Waals surface area contributed by atoms with Crippen LogP contribution in [0, 0.1) is 0 Å². The van der Waals surface area contributed by atoms with Crippen LogP contribution in [0.25, 0.3) is 0 Å². The molecule has 1 N–H and O–H groups in total. The first-order valence-corrected chi connectivity index (χ1v) is 6.27. The zero-order valence-corrected chi connectivity index (χ0v) is 11.2. The van der Waals surface area contributed by atoms with E-state index in [2.05, 4.69) is 6.58 Å². The molecule has 0 aromatic carbocycles. The molecule has 1 amide bonds. The molecule has 1 aliphatic heterocycles. The lowest BCUT2D eigenvalue weighted by Gasteiger charge is -2.46. The molecule has 0 bridgehead atoms. The van der Waals surface area contributed by atoms with Gasteiger partial charge in [-0.2, -0.15) is 0 Å². The molecule has 1 saturated heterocycles. The first-order chi connectivity index (χ1) is 7.90. The Morgan fingerprint density at radius 2 is 2.06 bits per heavy atom. The fourth-order valence-electron chi connectivity index (χ4n) is 2.11. The SMILES string of the molecule is C=C(C)CN(CC)C(=O)CN1CC(O)(CC)C1. The summed E-state index contributed by atoms with van der Waals surface area (Å²) in [5, 5.41) is 9.86. The van der Waals surface area contributed by atoms with Crippen molar-refractivity contribution in [3.63, 3.8) is 0 Å². The van der Waals surface area contributed by atoms with Crippen LogP contribution in [0.2, 0.25) is 0 Å². The van der Waals surface area contributed by atoms with Gasteiger partial charge in [0, 0.05) is 26.2 Å². The third-order valence-corrected chi connectivity index (χ3v) is 3.25. The summed E-state index contributed by atoms with van der Waals surface area (Å²) in [6.45, 7) is 12.7. The van der Waals surface area contributed by atoms with Gasteiger partial charge in [-0.25, -0.2) is 0 Å². The molecule has 17 heavy (non-hydrogen) atoms. The Hall–Kier alpha value is -0.870. The Labute approximate surface area is 104 Å². The number of amides is 1.